The minimum absolute atomic E-state index is 0.312. The average Bonchev–Trinajstić information content (AvgIpc) is 2.53. The summed E-state index contributed by atoms with van der Waals surface area (Å²) < 4.78 is 0. The van der Waals surface area contributed by atoms with E-state index in [0.29, 0.717) is 29.8 Å². The molecule has 0 saturated carbocycles. The molecule has 1 aromatic carbocycles. The van der Waals surface area contributed by atoms with Crippen LogP contribution >= 0.6 is 0 Å². The zero-order valence-electron chi connectivity index (χ0n) is 13.9. The number of benzene rings is 1. The van der Waals surface area contributed by atoms with E-state index in [2.05, 4.69) is 4.98 Å². The third-order valence-corrected chi connectivity index (χ3v) is 3.93. The van der Waals surface area contributed by atoms with E-state index in [0.717, 1.165) is 11.3 Å². The van der Waals surface area contributed by atoms with Crippen LogP contribution in [0.1, 0.15) is 28.4 Å². The lowest BCUT2D eigenvalue weighted by Crippen LogP contribution is -2.20. The summed E-state index contributed by atoms with van der Waals surface area (Å²) in [6.07, 6.45) is 0.367. The van der Waals surface area contributed by atoms with Crippen molar-refractivity contribution in [3.63, 3.8) is 0 Å². The van der Waals surface area contributed by atoms with Crippen molar-refractivity contribution in [3.8, 4) is 17.0 Å². The summed E-state index contributed by atoms with van der Waals surface area (Å²) >= 11 is 0. The third-order valence-electron chi connectivity index (χ3n) is 3.93. The minimum Gasteiger partial charge on any atom is -0.506 e. The number of aromatic amines is 1. The van der Waals surface area contributed by atoms with Gasteiger partial charge in [-0.15, -0.1) is 0 Å². The van der Waals surface area contributed by atoms with Crippen LogP contribution in [0.25, 0.3) is 11.3 Å². The first-order valence-electron chi connectivity index (χ1n) is 7.53. The summed E-state index contributed by atoms with van der Waals surface area (Å²) in [5, 5.41) is 19.3. The monoisotopic (exact) mass is 331 g/mol. The highest BCUT2D eigenvalue weighted by Gasteiger charge is 2.22. The van der Waals surface area contributed by atoms with Crippen LogP contribution in [0.2, 0.25) is 0 Å². The van der Waals surface area contributed by atoms with Gasteiger partial charge in [-0.25, -0.2) is 4.79 Å². The smallest absolute Gasteiger partial charge is 0.345 e. The van der Waals surface area contributed by atoms with Gasteiger partial charge in [0.15, 0.2) is 5.56 Å². The van der Waals surface area contributed by atoms with Gasteiger partial charge in [-0.05, 0) is 29.7 Å². The fourth-order valence-electron chi connectivity index (χ4n) is 2.76. The molecule has 24 heavy (non-hydrogen) atoms. The maximum Gasteiger partial charge on any atom is 0.345 e. The first-order valence-corrected chi connectivity index (χ1v) is 7.53. The molecule has 0 aliphatic rings. The van der Waals surface area contributed by atoms with Gasteiger partial charge < -0.3 is 25.8 Å². The van der Waals surface area contributed by atoms with Crippen LogP contribution in [-0.2, 0) is 13.0 Å². The van der Waals surface area contributed by atoms with Gasteiger partial charge in [0.1, 0.15) is 5.75 Å². The first kappa shape index (κ1) is 17.6. The van der Waals surface area contributed by atoms with E-state index in [1.54, 1.807) is 13.0 Å². The number of carbonyl (C=O) groups is 1. The lowest BCUT2D eigenvalue weighted by molar-refractivity contribution is 0.0691. The molecule has 0 aliphatic carbocycles. The van der Waals surface area contributed by atoms with Crippen LogP contribution in [0.5, 0.6) is 5.75 Å². The maximum atomic E-state index is 12.0. The number of nitrogens with two attached hydrogens (primary N) is 1. The van der Waals surface area contributed by atoms with Crippen molar-refractivity contribution in [2.75, 3.05) is 19.0 Å². The number of nitrogens with zero attached hydrogens (tertiary/aromatic N) is 1. The predicted molar refractivity (Wildman–Crippen MR) is 92.7 cm³/mol. The molecule has 0 radical (unpaired) electrons. The van der Waals surface area contributed by atoms with Gasteiger partial charge in [-0.1, -0.05) is 13.0 Å². The number of hydrogen-bond acceptors (Lipinski definition) is 5. The molecule has 2 aromatic rings. The highest BCUT2D eigenvalue weighted by Crippen LogP contribution is 2.32. The molecule has 1 heterocycles. The summed E-state index contributed by atoms with van der Waals surface area (Å²) in [5.74, 6) is -1.95. The number of pyridine rings is 1. The van der Waals surface area contributed by atoms with Gasteiger partial charge in [0.2, 0.25) is 0 Å². The van der Waals surface area contributed by atoms with E-state index in [9.17, 15) is 14.7 Å². The predicted octanol–water partition coefficient (Wildman–Crippen LogP) is 1.53. The Morgan fingerprint density at radius 3 is 2.50 bits per heavy atom. The topological polar surface area (TPSA) is 120 Å². The number of H-pyrrole nitrogens is 1. The fraction of sp³-hybridized carbons (Fsp3) is 0.294. The number of carboxylic acid groups (broad SMARTS) is 1. The van der Waals surface area contributed by atoms with Gasteiger partial charge in [-0.2, -0.15) is 0 Å². The lowest BCUT2D eigenvalue weighted by Gasteiger charge is -2.19. The number of aromatic nitrogens is 1. The Bertz CT molecular complexity index is 840. The van der Waals surface area contributed by atoms with Gasteiger partial charge in [-0.3, -0.25) is 4.79 Å². The molecule has 7 heteroatoms. The van der Waals surface area contributed by atoms with Crippen LogP contribution in [0.3, 0.4) is 0 Å². The van der Waals surface area contributed by atoms with E-state index in [4.69, 9.17) is 10.8 Å². The van der Waals surface area contributed by atoms with Crippen molar-refractivity contribution in [1.29, 1.82) is 0 Å². The first-order chi connectivity index (χ1) is 11.3. The van der Waals surface area contributed by atoms with Crippen molar-refractivity contribution >= 4 is 11.7 Å². The highest BCUT2D eigenvalue weighted by molar-refractivity contribution is 5.92. The Morgan fingerprint density at radius 1 is 1.33 bits per heavy atom. The van der Waals surface area contributed by atoms with E-state index < -0.39 is 22.8 Å². The molecule has 0 fully saturated rings. The molecule has 2 rings (SSSR count). The number of carboxylic acids is 1. The molecule has 0 saturated heterocycles. The van der Waals surface area contributed by atoms with Gasteiger partial charge in [0, 0.05) is 31.9 Å². The molecule has 0 unspecified atom stereocenters. The summed E-state index contributed by atoms with van der Waals surface area (Å²) in [7, 11) is 3.81. The summed E-state index contributed by atoms with van der Waals surface area (Å²) in [6.45, 7) is 2.09. The Morgan fingerprint density at radius 2 is 2.00 bits per heavy atom. The van der Waals surface area contributed by atoms with E-state index in [1.165, 1.54) is 0 Å². The standard InChI is InChI=1S/C17H21N3O4/c1-4-11-14(19-16(22)13(15(11)21)17(23)24)9-5-6-12(20(2)3)10(7-9)8-18/h5-7H,4,8,18H2,1-3H3,(H,23,24)(H2,19,21,22). The summed E-state index contributed by atoms with van der Waals surface area (Å²) in [6, 6.07) is 5.51. The Balaban J connectivity index is 2.73. The van der Waals surface area contributed by atoms with Crippen molar-refractivity contribution in [2.45, 2.75) is 19.9 Å². The fourth-order valence-corrected chi connectivity index (χ4v) is 2.76. The number of anilines is 1. The summed E-state index contributed by atoms with van der Waals surface area (Å²) in [5.41, 5.74) is 7.62. The van der Waals surface area contributed by atoms with E-state index in [1.807, 2.05) is 31.1 Å². The molecule has 5 N–H and O–H groups in total. The van der Waals surface area contributed by atoms with E-state index >= 15 is 0 Å². The molecule has 0 aliphatic heterocycles. The van der Waals surface area contributed by atoms with Crippen molar-refractivity contribution in [3.05, 3.63) is 45.2 Å². The molecule has 1 aromatic heterocycles. The highest BCUT2D eigenvalue weighted by atomic mass is 16.4. The molecule has 7 nitrogen and oxygen atoms in total. The second-order valence-electron chi connectivity index (χ2n) is 5.63. The SMILES string of the molecule is CCc1c(-c2ccc(N(C)C)c(CN)c2)[nH]c(=O)c(C(=O)O)c1O. The number of aromatic hydroxyl groups is 1. The molecular weight excluding hydrogens is 310 g/mol. The zero-order valence-corrected chi connectivity index (χ0v) is 13.9. The van der Waals surface area contributed by atoms with Crippen LogP contribution in [0.15, 0.2) is 23.0 Å². The lowest BCUT2D eigenvalue weighted by atomic mass is 9.98. The Labute approximate surface area is 139 Å². The van der Waals surface area contributed by atoms with Crippen molar-refractivity contribution in [2.24, 2.45) is 5.73 Å². The van der Waals surface area contributed by atoms with Gasteiger partial charge in [0.05, 0.1) is 5.69 Å². The molecular formula is C17H21N3O4. The van der Waals surface area contributed by atoms with Crippen molar-refractivity contribution < 1.29 is 15.0 Å². The van der Waals surface area contributed by atoms with Crippen LogP contribution in [0.4, 0.5) is 5.69 Å². The van der Waals surface area contributed by atoms with Crippen molar-refractivity contribution in [1.82, 2.24) is 4.98 Å². The second-order valence-corrected chi connectivity index (χ2v) is 5.63. The summed E-state index contributed by atoms with van der Waals surface area (Å²) in [4.78, 5) is 27.7. The third kappa shape index (κ3) is 2.98. The zero-order chi connectivity index (χ0) is 18.0. The Kier molecular flexibility index (Phi) is 4.94. The second kappa shape index (κ2) is 6.76. The largest absolute Gasteiger partial charge is 0.506 e. The van der Waals surface area contributed by atoms with Crippen LogP contribution in [-0.4, -0.2) is 35.3 Å². The quantitative estimate of drug-likeness (QED) is 0.659. The maximum absolute atomic E-state index is 12.0. The van der Waals surface area contributed by atoms with Crippen LogP contribution < -0.4 is 16.2 Å². The van der Waals surface area contributed by atoms with Gasteiger partial charge >= 0.3 is 5.97 Å². The molecule has 128 valence electrons. The normalized spacial score (nSPS) is 10.7. The van der Waals surface area contributed by atoms with Crippen LogP contribution in [0, 0.1) is 0 Å². The molecule has 0 spiro atoms. The number of hydrogen-bond donors (Lipinski definition) is 4. The number of aromatic carboxylic acids is 1. The number of rotatable bonds is 5. The molecule has 0 atom stereocenters. The minimum atomic E-state index is -1.46. The average molecular weight is 331 g/mol. The van der Waals surface area contributed by atoms with Gasteiger partial charge in [0.25, 0.3) is 5.56 Å². The molecule has 0 amide bonds. The van der Waals surface area contributed by atoms with E-state index in [-0.39, 0.29) is 0 Å². The molecule has 0 bridgehead atoms. The Hall–Kier alpha value is -2.80. The number of nitrogens with one attached hydrogen (secondary N) is 1.